The summed E-state index contributed by atoms with van der Waals surface area (Å²) in [4.78, 5) is 0. The van der Waals surface area contributed by atoms with Crippen molar-refractivity contribution >= 4 is 39.1 Å². The van der Waals surface area contributed by atoms with Crippen molar-refractivity contribution in [2.45, 2.75) is 18.8 Å². The van der Waals surface area contributed by atoms with E-state index >= 15 is 0 Å². The number of alkyl halides is 1. The second kappa shape index (κ2) is 6.60. The minimum atomic E-state index is 0.231. The van der Waals surface area contributed by atoms with E-state index < -0.39 is 0 Å². The molecule has 2 aromatic carbocycles. The summed E-state index contributed by atoms with van der Waals surface area (Å²) in [5.74, 6) is 1.79. The van der Waals surface area contributed by atoms with Crippen molar-refractivity contribution < 1.29 is 4.74 Å². The van der Waals surface area contributed by atoms with Gasteiger partial charge in [0.2, 0.25) is 0 Å². The molecule has 1 aliphatic rings. The van der Waals surface area contributed by atoms with Crippen LogP contribution < -0.4 is 4.74 Å². The Balaban J connectivity index is 1.94. The molecule has 1 heterocycles. The lowest BCUT2D eigenvalue weighted by molar-refractivity contribution is 0.353. The third-order valence-corrected chi connectivity index (χ3v) is 5.14. The Morgan fingerprint density at radius 1 is 1.24 bits per heavy atom. The molecule has 0 saturated heterocycles. The highest BCUT2D eigenvalue weighted by Gasteiger charge is 2.21. The molecule has 0 fully saturated rings. The minimum Gasteiger partial charge on any atom is -0.493 e. The smallest absolute Gasteiger partial charge is 0.125 e. The van der Waals surface area contributed by atoms with E-state index in [9.17, 15) is 0 Å². The van der Waals surface area contributed by atoms with Crippen LogP contribution in [0.2, 0.25) is 5.02 Å². The summed E-state index contributed by atoms with van der Waals surface area (Å²) in [7, 11) is 0. The molecule has 0 aliphatic carbocycles. The third-order valence-electron chi connectivity index (χ3n) is 3.82. The molecule has 0 spiro atoms. The molecule has 1 aliphatic heterocycles. The van der Waals surface area contributed by atoms with Crippen LogP contribution in [0.4, 0.5) is 0 Å². The quantitative estimate of drug-likeness (QED) is 0.622. The monoisotopic (exact) mass is 384 g/mol. The second-order valence-corrected chi connectivity index (χ2v) is 6.83. The number of hydrogen-bond acceptors (Lipinski definition) is 1. The molecule has 2 aromatic rings. The van der Waals surface area contributed by atoms with E-state index in [1.807, 2.05) is 30.3 Å². The zero-order valence-electron chi connectivity index (χ0n) is 11.4. The first-order chi connectivity index (χ1) is 10.2. The molecular formula is C17H15BrCl2O. The Morgan fingerprint density at radius 2 is 2.05 bits per heavy atom. The van der Waals surface area contributed by atoms with Crippen LogP contribution >= 0.6 is 39.1 Å². The Kier molecular flexibility index (Phi) is 4.78. The highest BCUT2D eigenvalue weighted by atomic mass is 79.9. The fraction of sp³-hybridized carbons (Fsp3) is 0.294. The van der Waals surface area contributed by atoms with Crippen molar-refractivity contribution in [1.82, 2.24) is 0 Å². The third kappa shape index (κ3) is 3.23. The molecule has 3 rings (SSSR count). The van der Waals surface area contributed by atoms with Gasteiger partial charge in [0, 0.05) is 27.7 Å². The molecule has 21 heavy (non-hydrogen) atoms. The van der Waals surface area contributed by atoms with E-state index in [2.05, 4.69) is 22.0 Å². The maximum absolute atomic E-state index is 6.23. The molecule has 4 heteroatoms. The number of halogens is 3. The van der Waals surface area contributed by atoms with E-state index in [0.29, 0.717) is 5.88 Å². The van der Waals surface area contributed by atoms with E-state index in [-0.39, 0.29) is 5.92 Å². The Hall–Kier alpha value is -0.700. The van der Waals surface area contributed by atoms with Crippen LogP contribution in [0.3, 0.4) is 0 Å². The lowest BCUT2D eigenvalue weighted by Crippen LogP contribution is -2.07. The predicted molar refractivity (Wildman–Crippen MR) is 92.0 cm³/mol. The highest BCUT2D eigenvalue weighted by molar-refractivity contribution is 9.10. The zero-order valence-corrected chi connectivity index (χ0v) is 14.5. The normalized spacial score (nSPS) is 14.6. The van der Waals surface area contributed by atoms with Gasteiger partial charge in [-0.3, -0.25) is 0 Å². The lowest BCUT2D eigenvalue weighted by Gasteiger charge is -2.18. The van der Waals surface area contributed by atoms with Crippen LogP contribution in [-0.4, -0.2) is 12.5 Å². The van der Waals surface area contributed by atoms with Crippen LogP contribution in [0.25, 0.3) is 0 Å². The molecule has 0 N–H and O–H groups in total. The Labute approximate surface area is 143 Å². The first kappa shape index (κ1) is 15.2. The predicted octanol–water partition coefficient (Wildman–Crippen LogP) is 5.60. The SMILES string of the molecule is ClCC(Cc1cc(Cl)cc2c1OCC2)c1ccccc1Br. The van der Waals surface area contributed by atoms with Gasteiger partial charge in [0.15, 0.2) is 0 Å². The summed E-state index contributed by atoms with van der Waals surface area (Å²) in [6, 6.07) is 12.2. The molecule has 0 amide bonds. The summed E-state index contributed by atoms with van der Waals surface area (Å²) in [5.41, 5.74) is 3.58. The molecular weight excluding hydrogens is 371 g/mol. The Morgan fingerprint density at radius 3 is 2.81 bits per heavy atom. The number of rotatable bonds is 4. The van der Waals surface area contributed by atoms with E-state index in [1.165, 1.54) is 11.1 Å². The highest BCUT2D eigenvalue weighted by Crippen LogP contribution is 2.37. The zero-order chi connectivity index (χ0) is 14.8. The topological polar surface area (TPSA) is 9.23 Å². The summed E-state index contributed by atoms with van der Waals surface area (Å²) in [6.45, 7) is 0.739. The first-order valence-electron chi connectivity index (χ1n) is 6.93. The largest absolute Gasteiger partial charge is 0.493 e. The molecule has 0 saturated carbocycles. The van der Waals surface area contributed by atoms with Gasteiger partial charge in [-0.2, -0.15) is 0 Å². The van der Waals surface area contributed by atoms with E-state index in [1.54, 1.807) is 0 Å². The molecule has 0 aromatic heterocycles. The molecule has 1 atom stereocenters. The average Bonchev–Trinajstić information content (AvgIpc) is 2.93. The molecule has 1 unspecified atom stereocenters. The molecule has 0 radical (unpaired) electrons. The Bertz CT molecular complexity index is 657. The van der Waals surface area contributed by atoms with Gasteiger partial charge in [-0.1, -0.05) is 45.7 Å². The molecule has 110 valence electrons. The van der Waals surface area contributed by atoms with Crippen LogP contribution in [0, 0.1) is 0 Å². The van der Waals surface area contributed by atoms with Crippen LogP contribution in [0.15, 0.2) is 40.9 Å². The van der Waals surface area contributed by atoms with Crippen molar-refractivity contribution in [2.75, 3.05) is 12.5 Å². The minimum absolute atomic E-state index is 0.231. The van der Waals surface area contributed by atoms with Gasteiger partial charge in [0.1, 0.15) is 5.75 Å². The van der Waals surface area contributed by atoms with Gasteiger partial charge in [-0.15, -0.1) is 11.6 Å². The van der Waals surface area contributed by atoms with Crippen molar-refractivity contribution in [2.24, 2.45) is 0 Å². The summed E-state index contributed by atoms with van der Waals surface area (Å²) in [6.07, 6.45) is 1.76. The maximum Gasteiger partial charge on any atom is 0.125 e. The van der Waals surface area contributed by atoms with Gasteiger partial charge < -0.3 is 4.74 Å². The fourth-order valence-electron chi connectivity index (χ4n) is 2.82. The van der Waals surface area contributed by atoms with Gasteiger partial charge in [-0.05, 0) is 41.3 Å². The van der Waals surface area contributed by atoms with Gasteiger partial charge in [0.05, 0.1) is 6.61 Å². The summed E-state index contributed by atoms with van der Waals surface area (Å²) in [5, 5.41) is 0.773. The van der Waals surface area contributed by atoms with Gasteiger partial charge in [0.25, 0.3) is 0 Å². The average molecular weight is 386 g/mol. The van der Waals surface area contributed by atoms with Gasteiger partial charge in [-0.25, -0.2) is 0 Å². The van der Waals surface area contributed by atoms with Crippen molar-refractivity contribution in [3.63, 3.8) is 0 Å². The van der Waals surface area contributed by atoms with Crippen LogP contribution in [-0.2, 0) is 12.8 Å². The standard InChI is InChI=1S/C17H15BrCl2O/c18-16-4-2-1-3-15(16)13(10-19)7-12-9-14(20)8-11-5-6-21-17(11)12/h1-4,8-9,13H,5-7,10H2. The number of fused-ring (bicyclic) bond motifs is 1. The number of ether oxygens (including phenoxy) is 1. The first-order valence-corrected chi connectivity index (χ1v) is 8.64. The van der Waals surface area contributed by atoms with Crippen LogP contribution in [0.1, 0.15) is 22.6 Å². The van der Waals surface area contributed by atoms with Crippen LogP contribution in [0.5, 0.6) is 5.75 Å². The maximum atomic E-state index is 6.23. The van der Waals surface area contributed by atoms with E-state index in [4.69, 9.17) is 27.9 Å². The number of benzene rings is 2. The van der Waals surface area contributed by atoms with Crippen molar-refractivity contribution in [3.05, 3.63) is 62.6 Å². The molecule has 1 nitrogen and oxygen atoms in total. The van der Waals surface area contributed by atoms with Crippen molar-refractivity contribution in [3.8, 4) is 5.75 Å². The van der Waals surface area contributed by atoms with Gasteiger partial charge >= 0.3 is 0 Å². The van der Waals surface area contributed by atoms with E-state index in [0.717, 1.165) is 40.3 Å². The lowest BCUT2D eigenvalue weighted by atomic mass is 9.92. The number of hydrogen-bond donors (Lipinski definition) is 0. The summed E-state index contributed by atoms with van der Waals surface area (Å²) >= 11 is 16.1. The summed E-state index contributed by atoms with van der Waals surface area (Å²) < 4.78 is 6.88. The van der Waals surface area contributed by atoms with Crippen molar-refractivity contribution in [1.29, 1.82) is 0 Å². The second-order valence-electron chi connectivity index (χ2n) is 5.23. The fourth-order valence-corrected chi connectivity index (χ4v) is 3.96. The molecule has 0 bridgehead atoms.